The smallest absolute Gasteiger partial charge is 0.0769 e. The zero-order valence-corrected chi connectivity index (χ0v) is 10.8. The topological polar surface area (TPSA) is 55.5 Å². The fourth-order valence-electron chi connectivity index (χ4n) is 3.97. The maximum atomic E-state index is 11.1. The van der Waals surface area contributed by atoms with E-state index < -0.39 is 5.60 Å². The summed E-state index contributed by atoms with van der Waals surface area (Å²) in [4.78, 5) is 0. The van der Waals surface area contributed by atoms with Gasteiger partial charge >= 0.3 is 0 Å². The minimum absolute atomic E-state index is 0.208. The van der Waals surface area contributed by atoms with Gasteiger partial charge in [-0.2, -0.15) is 0 Å². The zero-order valence-electron chi connectivity index (χ0n) is 10.8. The molecule has 0 radical (unpaired) electrons. The zero-order chi connectivity index (χ0) is 12.0. The molecule has 1 aliphatic heterocycles. The van der Waals surface area contributed by atoms with Gasteiger partial charge in [-0.15, -0.1) is 0 Å². The van der Waals surface area contributed by atoms with Gasteiger partial charge in [0.05, 0.1) is 12.2 Å². The fraction of sp³-hybridized carbons (Fsp3) is 1.00. The first-order valence-corrected chi connectivity index (χ1v) is 6.35. The van der Waals surface area contributed by atoms with Crippen LogP contribution < -0.4 is 5.73 Å². The second kappa shape index (κ2) is 3.69. The van der Waals surface area contributed by atoms with Crippen LogP contribution >= 0.6 is 0 Å². The predicted octanol–water partition coefficient (Wildman–Crippen LogP) is 1.54. The molecule has 1 saturated heterocycles. The van der Waals surface area contributed by atoms with Gasteiger partial charge in [0.25, 0.3) is 0 Å². The van der Waals surface area contributed by atoms with E-state index in [2.05, 4.69) is 20.8 Å². The summed E-state index contributed by atoms with van der Waals surface area (Å²) in [6.07, 6.45) is 2.83. The van der Waals surface area contributed by atoms with Crippen LogP contribution in [0.25, 0.3) is 0 Å². The van der Waals surface area contributed by atoms with Gasteiger partial charge in [0.15, 0.2) is 0 Å². The molecule has 1 saturated carbocycles. The minimum atomic E-state index is -0.637. The molecule has 3 N–H and O–H groups in total. The molecular formula is C13H25NO2. The SMILES string of the molecule is CC1CC(C)(C)CC1(O)C1(CN)CCOC1. The Balaban J connectivity index is 2.30. The van der Waals surface area contributed by atoms with Crippen molar-refractivity contribution in [3.05, 3.63) is 0 Å². The molecule has 3 nitrogen and oxygen atoms in total. The molecule has 16 heavy (non-hydrogen) atoms. The number of ether oxygens (including phenoxy) is 1. The largest absolute Gasteiger partial charge is 0.389 e. The van der Waals surface area contributed by atoms with Crippen LogP contribution in [0, 0.1) is 16.7 Å². The molecule has 0 aromatic heterocycles. The van der Waals surface area contributed by atoms with E-state index in [0.717, 1.165) is 25.9 Å². The molecule has 1 aliphatic carbocycles. The lowest BCUT2D eigenvalue weighted by atomic mass is 9.66. The van der Waals surface area contributed by atoms with Crippen molar-refractivity contribution in [3.8, 4) is 0 Å². The molecule has 2 aliphatic rings. The van der Waals surface area contributed by atoms with Gasteiger partial charge in [0, 0.05) is 18.6 Å². The van der Waals surface area contributed by atoms with Crippen LogP contribution in [0.4, 0.5) is 0 Å². The maximum absolute atomic E-state index is 11.1. The van der Waals surface area contributed by atoms with Crippen molar-refractivity contribution >= 4 is 0 Å². The average molecular weight is 227 g/mol. The predicted molar refractivity (Wildman–Crippen MR) is 64.1 cm³/mol. The number of hydrogen-bond donors (Lipinski definition) is 2. The Morgan fingerprint density at radius 2 is 2.12 bits per heavy atom. The Hall–Kier alpha value is -0.120. The van der Waals surface area contributed by atoms with E-state index in [9.17, 15) is 5.11 Å². The normalized spacial score (nSPS) is 47.4. The van der Waals surface area contributed by atoms with Crippen LogP contribution in [0.2, 0.25) is 0 Å². The van der Waals surface area contributed by atoms with Gasteiger partial charge in [0.2, 0.25) is 0 Å². The van der Waals surface area contributed by atoms with Crippen molar-refractivity contribution < 1.29 is 9.84 Å². The van der Waals surface area contributed by atoms with Crippen LogP contribution in [0.15, 0.2) is 0 Å². The molecule has 3 atom stereocenters. The highest BCUT2D eigenvalue weighted by atomic mass is 16.5. The van der Waals surface area contributed by atoms with Crippen molar-refractivity contribution in [2.75, 3.05) is 19.8 Å². The summed E-state index contributed by atoms with van der Waals surface area (Å²) in [5.41, 5.74) is 5.32. The van der Waals surface area contributed by atoms with Crippen LogP contribution in [0.1, 0.15) is 40.0 Å². The number of hydrogen-bond acceptors (Lipinski definition) is 3. The first-order valence-electron chi connectivity index (χ1n) is 6.35. The second-order valence-electron chi connectivity index (χ2n) is 6.66. The van der Waals surface area contributed by atoms with Crippen LogP contribution in [-0.4, -0.2) is 30.5 Å². The van der Waals surface area contributed by atoms with Crippen molar-refractivity contribution in [1.82, 2.24) is 0 Å². The van der Waals surface area contributed by atoms with Crippen molar-refractivity contribution in [2.45, 2.75) is 45.6 Å². The van der Waals surface area contributed by atoms with Crippen LogP contribution in [0.3, 0.4) is 0 Å². The molecule has 3 heteroatoms. The van der Waals surface area contributed by atoms with E-state index in [-0.39, 0.29) is 10.8 Å². The third-order valence-corrected chi connectivity index (χ3v) is 4.83. The Labute approximate surface area is 98.4 Å². The Kier molecular flexibility index (Phi) is 2.84. The molecule has 2 rings (SSSR count). The highest BCUT2D eigenvalue weighted by Crippen LogP contribution is 2.56. The third kappa shape index (κ3) is 1.60. The lowest BCUT2D eigenvalue weighted by Gasteiger charge is -2.44. The van der Waals surface area contributed by atoms with E-state index in [1.807, 2.05) is 0 Å². The summed E-state index contributed by atoms with van der Waals surface area (Å²) in [5, 5.41) is 11.1. The number of aliphatic hydroxyl groups is 1. The van der Waals surface area contributed by atoms with Crippen LogP contribution in [-0.2, 0) is 4.74 Å². The van der Waals surface area contributed by atoms with Crippen molar-refractivity contribution in [3.63, 3.8) is 0 Å². The van der Waals surface area contributed by atoms with E-state index >= 15 is 0 Å². The Morgan fingerprint density at radius 3 is 2.50 bits per heavy atom. The summed E-state index contributed by atoms with van der Waals surface area (Å²) >= 11 is 0. The molecule has 0 amide bonds. The first-order chi connectivity index (χ1) is 7.35. The lowest BCUT2D eigenvalue weighted by molar-refractivity contribution is -0.109. The van der Waals surface area contributed by atoms with E-state index in [0.29, 0.717) is 19.1 Å². The highest BCUT2D eigenvalue weighted by molar-refractivity contribution is 5.10. The number of rotatable bonds is 2. The molecule has 0 spiro atoms. The van der Waals surface area contributed by atoms with Gasteiger partial charge in [-0.1, -0.05) is 20.8 Å². The third-order valence-electron chi connectivity index (χ3n) is 4.83. The summed E-state index contributed by atoms with van der Waals surface area (Å²) in [7, 11) is 0. The fourth-order valence-corrected chi connectivity index (χ4v) is 3.97. The minimum Gasteiger partial charge on any atom is -0.389 e. The summed E-state index contributed by atoms with van der Waals surface area (Å²) < 4.78 is 5.51. The summed E-state index contributed by atoms with van der Waals surface area (Å²) in [5.74, 6) is 0.313. The summed E-state index contributed by atoms with van der Waals surface area (Å²) in [6.45, 7) is 8.53. The molecule has 0 bridgehead atoms. The molecule has 0 aromatic carbocycles. The Morgan fingerprint density at radius 1 is 1.44 bits per heavy atom. The van der Waals surface area contributed by atoms with E-state index in [1.54, 1.807) is 0 Å². The van der Waals surface area contributed by atoms with E-state index in [1.165, 1.54) is 0 Å². The monoisotopic (exact) mass is 227 g/mol. The van der Waals surface area contributed by atoms with Gasteiger partial charge in [-0.05, 0) is 30.6 Å². The highest BCUT2D eigenvalue weighted by Gasteiger charge is 2.60. The number of nitrogens with two attached hydrogens (primary N) is 1. The van der Waals surface area contributed by atoms with Crippen molar-refractivity contribution in [1.29, 1.82) is 0 Å². The maximum Gasteiger partial charge on any atom is 0.0769 e. The molecule has 94 valence electrons. The quantitative estimate of drug-likeness (QED) is 0.752. The lowest BCUT2D eigenvalue weighted by Crippen LogP contribution is -2.55. The first kappa shape index (κ1) is 12.3. The van der Waals surface area contributed by atoms with Gasteiger partial charge in [-0.25, -0.2) is 0 Å². The molecule has 0 aromatic rings. The second-order valence-corrected chi connectivity index (χ2v) is 6.66. The van der Waals surface area contributed by atoms with Gasteiger partial charge < -0.3 is 15.6 Å². The molecular weight excluding hydrogens is 202 g/mol. The average Bonchev–Trinajstić information content (AvgIpc) is 2.71. The van der Waals surface area contributed by atoms with E-state index in [4.69, 9.17) is 10.5 Å². The standard InChI is InChI=1S/C13H25NO2/c1-10-6-11(2,3)7-13(10,15)12(8-14)4-5-16-9-12/h10,15H,4-9,14H2,1-3H3. The molecule has 3 unspecified atom stereocenters. The molecule has 1 heterocycles. The van der Waals surface area contributed by atoms with Crippen molar-refractivity contribution in [2.24, 2.45) is 22.5 Å². The summed E-state index contributed by atoms with van der Waals surface area (Å²) in [6, 6.07) is 0. The van der Waals surface area contributed by atoms with Gasteiger partial charge in [0.1, 0.15) is 0 Å². The van der Waals surface area contributed by atoms with Crippen LogP contribution in [0.5, 0.6) is 0 Å². The molecule has 2 fully saturated rings. The Bertz CT molecular complexity index is 271. The van der Waals surface area contributed by atoms with Gasteiger partial charge in [-0.3, -0.25) is 0 Å².